The first-order chi connectivity index (χ1) is 10.1. The molecule has 0 heterocycles. The van der Waals surface area contributed by atoms with Gasteiger partial charge in [0.2, 0.25) is 0 Å². The van der Waals surface area contributed by atoms with E-state index in [4.69, 9.17) is 5.11 Å². The van der Waals surface area contributed by atoms with E-state index in [0.717, 1.165) is 11.3 Å². The van der Waals surface area contributed by atoms with Crippen LogP contribution < -0.4 is 5.32 Å². The number of para-hydroxylation sites is 1. The lowest BCUT2D eigenvalue weighted by molar-refractivity contribution is 0.292. The molecule has 0 radical (unpaired) electrons. The molecule has 0 aromatic heterocycles. The molecule has 2 aromatic carbocycles. The van der Waals surface area contributed by atoms with Crippen molar-refractivity contribution in [1.29, 1.82) is 0 Å². The third kappa shape index (κ3) is 4.31. The lowest BCUT2D eigenvalue weighted by Gasteiger charge is -2.12. The van der Waals surface area contributed by atoms with Crippen molar-refractivity contribution in [1.82, 2.24) is 0 Å². The fourth-order valence-electron chi connectivity index (χ4n) is 2.04. The molecule has 2 N–H and O–H groups in total. The molecule has 0 bridgehead atoms. The zero-order valence-corrected chi connectivity index (χ0v) is 12.5. The Labute approximate surface area is 125 Å². The molecule has 0 amide bonds. The van der Waals surface area contributed by atoms with Crippen molar-refractivity contribution in [2.24, 2.45) is 0 Å². The summed E-state index contributed by atoms with van der Waals surface area (Å²) in [6, 6.07) is 15.8. The first kappa shape index (κ1) is 15.5. The maximum absolute atomic E-state index is 12.4. The molecule has 0 spiro atoms. The second-order valence-electron chi connectivity index (χ2n) is 4.73. The van der Waals surface area contributed by atoms with E-state index in [1.165, 1.54) is 0 Å². The number of hydrogen-bond donors (Lipinski definition) is 2. The molecular formula is C16H19NO3S. The number of anilines is 1. The number of nitrogens with one attached hydrogen (secondary N) is 1. The molecule has 0 atom stereocenters. The van der Waals surface area contributed by atoms with Crippen LogP contribution >= 0.6 is 0 Å². The quantitative estimate of drug-likeness (QED) is 0.771. The summed E-state index contributed by atoms with van der Waals surface area (Å²) < 4.78 is 24.8. The average molecular weight is 305 g/mol. The molecule has 5 heteroatoms. The van der Waals surface area contributed by atoms with Gasteiger partial charge in [0.15, 0.2) is 9.84 Å². The Balaban J connectivity index is 2.19. The van der Waals surface area contributed by atoms with Crippen LogP contribution in [0.15, 0.2) is 59.5 Å². The summed E-state index contributed by atoms with van der Waals surface area (Å²) in [6.07, 6.45) is 0.625. The number of hydrogen-bond acceptors (Lipinski definition) is 4. The fraction of sp³-hybridized carbons (Fsp3) is 0.250. The monoisotopic (exact) mass is 305 g/mol. The van der Waals surface area contributed by atoms with Crippen LogP contribution in [-0.2, 0) is 15.6 Å². The van der Waals surface area contributed by atoms with Gasteiger partial charge in [-0.2, -0.15) is 0 Å². The first-order valence-electron chi connectivity index (χ1n) is 6.84. The molecule has 0 fully saturated rings. The minimum Gasteiger partial charge on any atom is -0.396 e. The van der Waals surface area contributed by atoms with Crippen LogP contribution in [-0.4, -0.2) is 26.7 Å². The maximum atomic E-state index is 12.4. The average Bonchev–Trinajstić information content (AvgIpc) is 2.50. The molecule has 0 aliphatic carbocycles. The van der Waals surface area contributed by atoms with Gasteiger partial charge in [0.25, 0.3) is 0 Å². The van der Waals surface area contributed by atoms with E-state index >= 15 is 0 Å². The first-order valence-corrected chi connectivity index (χ1v) is 8.49. The molecule has 0 saturated heterocycles. The Bertz CT molecular complexity index is 669. The minimum absolute atomic E-state index is 0.0423. The normalized spacial score (nSPS) is 11.3. The smallest absolute Gasteiger partial charge is 0.182 e. The second kappa shape index (κ2) is 7.24. The topological polar surface area (TPSA) is 66.4 Å². The number of aliphatic hydroxyl groups excluding tert-OH is 1. The Hall–Kier alpha value is -1.85. The van der Waals surface area contributed by atoms with Crippen LogP contribution in [0.4, 0.5) is 5.69 Å². The second-order valence-corrected chi connectivity index (χ2v) is 6.72. The van der Waals surface area contributed by atoms with E-state index in [1.54, 1.807) is 30.3 Å². The Morgan fingerprint density at radius 3 is 2.33 bits per heavy atom. The van der Waals surface area contributed by atoms with E-state index in [9.17, 15) is 8.42 Å². The van der Waals surface area contributed by atoms with Crippen molar-refractivity contribution in [3.05, 3.63) is 60.2 Å². The van der Waals surface area contributed by atoms with Gasteiger partial charge in [-0.15, -0.1) is 0 Å². The minimum atomic E-state index is -3.36. The molecule has 112 valence electrons. The van der Waals surface area contributed by atoms with Gasteiger partial charge < -0.3 is 10.4 Å². The molecule has 4 nitrogen and oxygen atoms in total. The number of rotatable bonds is 7. The molecule has 2 aromatic rings. The van der Waals surface area contributed by atoms with E-state index in [0.29, 0.717) is 17.9 Å². The lowest BCUT2D eigenvalue weighted by atomic mass is 10.2. The van der Waals surface area contributed by atoms with Crippen molar-refractivity contribution in [2.45, 2.75) is 17.1 Å². The molecule has 21 heavy (non-hydrogen) atoms. The van der Waals surface area contributed by atoms with Gasteiger partial charge in [0.1, 0.15) is 0 Å². The highest BCUT2D eigenvalue weighted by Gasteiger charge is 2.16. The van der Waals surface area contributed by atoms with Crippen LogP contribution in [0.2, 0.25) is 0 Å². The molecular weight excluding hydrogens is 286 g/mol. The van der Waals surface area contributed by atoms with E-state index in [1.807, 2.05) is 24.3 Å². The van der Waals surface area contributed by atoms with Crippen molar-refractivity contribution in [3.63, 3.8) is 0 Å². The highest BCUT2D eigenvalue weighted by atomic mass is 32.2. The van der Waals surface area contributed by atoms with Crippen LogP contribution in [0.3, 0.4) is 0 Å². The zero-order valence-electron chi connectivity index (χ0n) is 11.7. The summed E-state index contributed by atoms with van der Waals surface area (Å²) in [5.41, 5.74) is 1.53. The zero-order chi connectivity index (χ0) is 15.1. The summed E-state index contributed by atoms with van der Waals surface area (Å²) in [7, 11) is -3.36. The third-order valence-electron chi connectivity index (χ3n) is 3.12. The number of benzene rings is 2. The lowest BCUT2D eigenvalue weighted by Crippen LogP contribution is -2.09. The van der Waals surface area contributed by atoms with Crippen molar-refractivity contribution in [2.75, 3.05) is 18.5 Å². The summed E-state index contributed by atoms with van der Waals surface area (Å²) in [6.45, 7) is 0.719. The summed E-state index contributed by atoms with van der Waals surface area (Å²) in [4.78, 5) is 0.329. The Morgan fingerprint density at radius 2 is 1.62 bits per heavy atom. The number of sulfone groups is 1. The van der Waals surface area contributed by atoms with Crippen LogP contribution in [0.25, 0.3) is 0 Å². The van der Waals surface area contributed by atoms with E-state index in [2.05, 4.69) is 5.32 Å². The van der Waals surface area contributed by atoms with Gasteiger partial charge in [-0.25, -0.2) is 8.42 Å². The highest BCUT2D eigenvalue weighted by molar-refractivity contribution is 7.90. The standard InChI is InChI=1S/C16H19NO3S/c18-12-6-11-17-16-10-5-4-7-14(16)13-21(19,20)15-8-2-1-3-9-15/h1-5,7-10,17-18H,6,11-13H2. The third-order valence-corrected chi connectivity index (χ3v) is 4.80. The van der Waals surface area contributed by atoms with Gasteiger partial charge in [0.05, 0.1) is 10.6 Å². The van der Waals surface area contributed by atoms with Crippen LogP contribution in [0.1, 0.15) is 12.0 Å². The largest absolute Gasteiger partial charge is 0.396 e. The SMILES string of the molecule is O=S(=O)(Cc1ccccc1NCCCO)c1ccccc1. The van der Waals surface area contributed by atoms with Crippen molar-refractivity contribution >= 4 is 15.5 Å². The van der Waals surface area contributed by atoms with Crippen LogP contribution in [0.5, 0.6) is 0 Å². The van der Waals surface area contributed by atoms with Gasteiger partial charge in [-0.3, -0.25) is 0 Å². The predicted molar refractivity (Wildman–Crippen MR) is 84.0 cm³/mol. The van der Waals surface area contributed by atoms with Gasteiger partial charge in [-0.05, 0) is 30.2 Å². The Morgan fingerprint density at radius 1 is 0.952 bits per heavy atom. The summed E-state index contributed by atoms with van der Waals surface area (Å²) in [5, 5.41) is 12.0. The maximum Gasteiger partial charge on any atom is 0.182 e. The fourth-order valence-corrected chi connectivity index (χ4v) is 3.44. The van der Waals surface area contributed by atoms with Crippen LogP contribution in [0, 0.1) is 0 Å². The molecule has 0 unspecified atom stereocenters. The summed E-state index contributed by atoms with van der Waals surface area (Å²) in [5.74, 6) is -0.0423. The van der Waals surface area contributed by atoms with Gasteiger partial charge >= 0.3 is 0 Å². The molecule has 0 aliphatic heterocycles. The summed E-state index contributed by atoms with van der Waals surface area (Å²) >= 11 is 0. The predicted octanol–water partition coefficient (Wildman–Crippen LogP) is 2.45. The van der Waals surface area contributed by atoms with Gasteiger partial charge in [-0.1, -0.05) is 36.4 Å². The van der Waals surface area contributed by atoms with E-state index < -0.39 is 9.84 Å². The molecule has 0 saturated carbocycles. The molecule has 0 aliphatic rings. The number of aliphatic hydroxyl groups is 1. The van der Waals surface area contributed by atoms with Gasteiger partial charge in [0, 0.05) is 18.8 Å². The molecule has 2 rings (SSSR count). The highest BCUT2D eigenvalue weighted by Crippen LogP contribution is 2.22. The van der Waals surface area contributed by atoms with Crippen molar-refractivity contribution < 1.29 is 13.5 Å². The Kier molecular flexibility index (Phi) is 5.36. The van der Waals surface area contributed by atoms with Crippen molar-refractivity contribution in [3.8, 4) is 0 Å². The van der Waals surface area contributed by atoms with E-state index in [-0.39, 0.29) is 12.4 Å².